The minimum absolute atomic E-state index is 0.0484. The summed E-state index contributed by atoms with van der Waals surface area (Å²) in [4.78, 5) is 43.3. The maximum Gasteiger partial charge on any atom is 0.416 e. The standard InChI is InChI=1S/C26H24F6N4O4/c1-13(34(3)17-6-4-15(5-7-17)23(39)35-10-16(11-35)25(27,28)29)18-8-19-21(9-20(18)26(30,31)32)33-14(2)36(24(19)40)12-22(37)38/h4-9,13,16H,10-12H2,1-3H3,(H,37,38)/t13-/m0/s1. The molecule has 1 N–H and O–H groups in total. The molecule has 0 unspecified atom stereocenters. The Morgan fingerprint density at radius 3 is 2.23 bits per heavy atom. The molecule has 1 aromatic heterocycles. The van der Waals surface area contributed by atoms with E-state index in [4.69, 9.17) is 5.11 Å². The quantitative estimate of drug-likeness (QED) is 0.434. The first-order valence-electron chi connectivity index (χ1n) is 12.0. The molecular weight excluding hydrogens is 546 g/mol. The fourth-order valence-electron chi connectivity index (χ4n) is 4.61. The molecule has 1 amide bonds. The highest BCUT2D eigenvalue weighted by atomic mass is 19.4. The van der Waals surface area contributed by atoms with Crippen LogP contribution in [-0.4, -0.2) is 57.7 Å². The number of aryl methyl sites for hydroxylation is 1. The number of alkyl halides is 6. The fraction of sp³-hybridized carbons (Fsp3) is 0.385. The number of amides is 1. The summed E-state index contributed by atoms with van der Waals surface area (Å²) in [7, 11) is 1.51. The Balaban J connectivity index is 1.65. The molecule has 1 aliphatic rings. The normalized spacial score (nSPS) is 15.2. The number of halogens is 6. The first kappa shape index (κ1) is 28.9. The summed E-state index contributed by atoms with van der Waals surface area (Å²) >= 11 is 0. The van der Waals surface area contributed by atoms with E-state index in [0.29, 0.717) is 5.69 Å². The van der Waals surface area contributed by atoms with Crippen LogP contribution in [-0.2, 0) is 17.5 Å². The van der Waals surface area contributed by atoms with E-state index in [1.54, 1.807) is 0 Å². The summed E-state index contributed by atoms with van der Waals surface area (Å²) < 4.78 is 81.3. The van der Waals surface area contributed by atoms with Crippen molar-refractivity contribution in [1.82, 2.24) is 14.5 Å². The van der Waals surface area contributed by atoms with Crippen LogP contribution < -0.4 is 10.5 Å². The zero-order chi connectivity index (χ0) is 29.7. The minimum atomic E-state index is -4.80. The van der Waals surface area contributed by atoms with Crippen LogP contribution in [0.5, 0.6) is 0 Å². The van der Waals surface area contributed by atoms with Gasteiger partial charge in [-0.05, 0) is 55.8 Å². The topological polar surface area (TPSA) is 95.7 Å². The average Bonchev–Trinajstić information content (AvgIpc) is 2.82. The molecule has 2 aromatic carbocycles. The zero-order valence-corrected chi connectivity index (χ0v) is 21.5. The SMILES string of the molecule is Cc1nc2cc(C(F)(F)F)c([C@H](C)N(C)c3ccc(C(=O)N4CC(C(F)(F)F)C4)cc3)cc2c(=O)n1CC(=O)O. The van der Waals surface area contributed by atoms with Gasteiger partial charge in [-0.1, -0.05) is 0 Å². The summed E-state index contributed by atoms with van der Waals surface area (Å²) in [6, 6.07) is 6.55. The van der Waals surface area contributed by atoms with Gasteiger partial charge in [-0.3, -0.25) is 19.0 Å². The number of carbonyl (C=O) groups excluding carboxylic acids is 1. The molecule has 1 atom stereocenters. The molecular formula is C26H24F6N4O4. The van der Waals surface area contributed by atoms with E-state index in [9.17, 15) is 40.7 Å². The molecule has 0 spiro atoms. The van der Waals surface area contributed by atoms with E-state index in [2.05, 4.69) is 4.98 Å². The summed E-state index contributed by atoms with van der Waals surface area (Å²) in [5, 5.41) is 8.94. The second-order valence-electron chi connectivity index (χ2n) is 9.68. The first-order chi connectivity index (χ1) is 18.5. The molecule has 40 heavy (non-hydrogen) atoms. The van der Waals surface area contributed by atoms with E-state index in [-0.39, 0.29) is 27.9 Å². The predicted molar refractivity (Wildman–Crippen MR) is 132 cm³/mol. The van der Waals surface area contributed by atoms with Crippen LogP contribution in [0.25, 0.3) is 10.9 Å². The van der Waals surface area contributed by atoms with Gasteiger partial charge < -0.3 is 14.9 Å². The molecule has 1 fully saturated rings. The Hall–Kier alpha value is -4.10. The Labute approximate surface area is 223 Å². The minimum Gasteiger partial charge on any atom is -0.480 e. The number of carbonyl (C=O) groups is 2. The second kappa shape index (κ2) is 10.1. The number of fused-ring (bicyclic) bond motifs is 1. The second-order valence-corrected chi connectivity index (χ2v) is 9.68. The number of hydrogen-bond donors (Lipinski definition) is 1. The molecule has 0 saturated carbocycles. The van der Waals surface area contributed by atoms with Gasteiger partial charge in [0.05, 0.1) is 28.4 Å². The molecule has 1 saturated heterocycles. The molecule has 0 bridgehead atoms. The number of nitrogens with zero attached hydrogens (tertiary/aromatic N) is 4. The largest absolute Gasteiger partial charge is 0.480 e. The number of aliphatic carboxylic acids is 1. The molecule has 0 aliphatic carbocycles. The summed E-state index contributed by atoms with van der Waals surface area (Å²) in [5.74, 6) is -3.52. The molecule has 3 aromatic rings. The lowest BCUT2D eigenvalue weighted by Crippen LogP contribution is -2.55. The number of hydrogen-bond acceptors (Lipinski definition) is 5. The number of rotatable bonds is 6. The van der Waals surface area contributed by atoms with Crippen molar-refractivity contribution in [2.24, 2.45) is 5.92 Å². The van der Waals surface area contributed by atoms with Gasteiger partial charge in [0.2, 0.25) is 0 Å². The Morgan fingerprint density at radius 1 is 1.10 bits per heavy atom. The van der Waals surface area contributed by atoms with E-state index in [1.807, 2.05) is 0 Å². The van der Waals surface area contributed by atoms with Gasteiger partial charge in [0.25, 0.3) is 11.5 Å². The number of aromatic nitrogens is 2. The lowest BCUT2D eigenvalue weighted by molar-refractivity contribution is -0.202. The average molecular weight is 570 g/mol. The van der Waals surface area contributed by atoms with Crippen molar-refractivity contribution in [2.75, 3.05) is 25.0 Å². The zero-order valence-electron chi connectivity index (χ0n) is 21.5. The van der Waals surface area contributed by atoms with Crippen molar-refractivity contribution in [3.05, 3.63) is 69.3 Å². The monoisotopic (exact) mass is 570 g/mol. The van der Waals surface area contributed by atoms with Crippen molar-refractivity contribution >= 4 is 28.5 Å². The van der Waals surface area contributed by atoms with Gasteiger partial charge in [0, 0.05) is 31.4 Å². The van der Waals surface area contributed by atoms with Crippen molar-refractivity contribution in [1.29, 1.82) is 0 Å². The number of anilines is 1. The van der Waals surface area contributed by atoms with Gasteiger partial charge >= 0.3 is 18.3 Å². The molecule has 2 heterocycles. The molecule has 4 rings (SSSR count). The third kappa shape index (κ3) is 5.47. The highest BCUT2D eigenvalue weighted by molar-refractivity contribution is 5.95. The van der Waals surface area contributed by atoms with Crippen molar-refractivity contribution < 1.29 is 41.0 Å². The number of carboxylic acids is 1. The lowest BCUT2D eigenvalue weighted by Gasteiger charge is -2.40. The highest BCUT2D eigenvalue weighted by Gasteiger charge is 2.48. The summed E-state index contributed by atoms with van der Waals surface area (Å²) in [6.45, 7) is 1.22. The third-order valence-corrected chi connectivity index (χ3v) is 7.10. The molecule has 8 nitrogen and oxygen atoms in total. The van der Waals surface area contributed by atoms with E-state index in [1.165, 1.54) is 50.1 Å². The molecule has 0 radical (unpaired) electrons. The van der Waals surface area contributed by atoms with Crippen molar-refractivity contribution in [2.45, 2.75) is 38.8 Å². The van der Waals surface area contributed by atoms with Gasteiger partial charge in [-0.2, -0.15) is 26.3 Å². The smallest absolute Gasteiger partial charge is 0.416 e. The van der Waals surface area contributed by atoms with Gasteiger partial charge in [-0.25, -0.2) is 4.98 Å². The van der Waals surface area contributed by atoms with E-state index in [0.717, 1.165) is 21.6 Å². The van der Waals surface area contributed by atoms with Crippen LogP contribution in [0.15, 0.2) is 41.2 Å². The lowest BCUT2D eigenvalue weighted by atomic mass is 9.96. The fourth-order valence-corrected chi connectivity index (χ4v) is 4.61. The number of carboxylic acid groups (broad SMARTS) is 1. The van der Waals surface area contributed by atoms with Crippen LogP contribution >= 0.6 is 0 Å². The van der Waals surface area contributed by atoms with Crippen LogP contribution in [0.4, 0.5) is 32.0 Å². The predicted octanol–water partition coefficient (Wildman–Crippen LogP) is 4.64. The number of likely N-dealkylation sites (tertiary alicyclic amines) is 1. The third-order valence-electron chi connectivity index (χ3n) is 7.10. The first-order valence-corrected chi connectivity index (χ1v) is 12.0. The number of benzene rings is 2. The van der Waals surface area contributed by atoms with Crippen LogP contribution in [0.2, 0.25) is 0 Å². The van der Waals surface area contributed by atoms with Gasteiger partial charge in [-0.15, -0.1) is 0 Å². The summed E-state index contributed by atoms with van der Waals surface area (Å²) in [6.07, 6.45) is -9.18. The molecule has 214 valence electrons. The Kier molecular flexibility index (Phi) is 7.32. The van der Waals surface area contributed by atoms with Crippen LogP contribution in [0, 0.1) is 12.8 Å². The molecule has 1 aliphatic heterocycles. The summed E-state index contributed by atoms with van der Waals surface area (Å²) in [5.41, 5.74) is -1.77. The van der Waals surface area contributed by atoms with Gasteiger partial charge in [0.1, 0.15) is 12.4 Å². The van der Waals surface area contributed by atoms with E-state index >= 15 is 0 Å². The molecule has 14 heteroatoms. The Morgan fingerprint density at radius 2 is 1.70 bits per heavy atom. The van der Waals surface area contributed by atoms with Crippen LogP contribution in [0.3, 0.4) is 0 Å². The Bertz CT molecular complexity index is 1530. The van der Waals surface area contributed by atoms with E-state index < -0.39 is 66.9 Å². The van der Waals surface area contributed by atoms with Crippen molar-refractivity contribution in [3.8, 4) is 0 Å². The van der Waals surface area contributed by atoms with Crippen LogP contribution in [0.1, 0.15) is 40.3 Å². The maximum absolute atomic E-state index is 14.1. The van der Waals surface area contributed by atoms with Crippen molar-refractivity contribution in [3.63, 3.8) is 0 Å². The van der Waals surface area contributed by atoms with Gasteiger partial charge in [0.15, 0.2) is 0 Å². The maximum atomic E-state index is 14.1. The highest BCUT2D eigenvalue weighted by Crippen LogP contribution is 2.39.